The molecule has 2 aromatic carbocycles. The number of fused-ring (bicyclic) bond motifs is 1. The van der Waals surface area contributed by atoms with Crippen LogP contribution < -0.4 is 0 Å². The summed E-state index contributed by atoms with van der Waals surface area (Å²) in [4.78, 5) is 19.3. The summed E-state index contributed by atoms with van der Waals surface area (Å²) in [5.74, 6) is -0.524. The number of benzene rings is 2. The van der Waals surface area contributed by atoms with Gasteiger partial charge in [-0.15, -0.1) is 0 Å². The van der Waals surface area contributed by atoms with Gasteiger partial charge in [-0.25, -0.2) is 0 Å². The van der Waals surface area contributed by atoms with Crippen LogP contribution in [-0.4, -0.2) is 59.6 Å². The van der Waals surface area contributed by atoms with Crippen LogP contribution in [0.25, 0.3) is 10.9 Å². The predicted molar refractivity (Wildman–Crippen MR) is 120 cm³/mol. The van der Waals surface area contributed by atoms with E-state index >= 15 is 0 Å². The summed E-state index contributed by atoms with van der Waals surface area (Å²) in [6, 6.07) is 19.2. The highest BCUT2D eigenvalue weighted by molar-refractivity contribution is 5.98. The van der Waals surface area contributed by atoms with Gasteiger partial charge in [0.2, 0.25) is 0 Å². The van der Waals surface area contributed by atoms with E-state index in [1.54, 1.807) is 6.07 Å². The van der Waals surface area contributed by atoms with Crippen molar-refractivity contribution in [2.24, 2.45) is 5.92 Å². The number of alkyl halides is 3. The van der Waals surface area contributed by atoms with Gasteiger partial charge in [-0.2, -0.15) is 13.2 Å². The second-order valence-electron chi connectivity index (χ2n) is 8.59. The molecule has 2 heterocycles. The number of piperidine rings is 1. The molecule has 32 heavy (non-hydrogen) atoms. The molecule has 0 aliphatic carbocycles. The van der Waals surface area contributed by atoms with E-state index in [4.69, 9.17) is 0 Å². The SMILES string of the molecule is O=C(c1cc2ccccc2[nH]1)N(CC1CCN(CCc2ccccc2)CC1)CC(F)(F)F. The molecule has 0 unspecified atom stereocenters. The van der Waals surface area contributed by atoms with Crippen LogP contribution in [-0.2, 0) is 6.42 Å². The third-order valence-electron chi connectivity index (χ3n) is 6.16. The van der Waals surface area contributed by atoms with E-state index < -0.39 is 18.6 Å². The molecule has 1 aliphatic rings. The van der Waals surface area contributed by atoms with Gasteiger partial charge in [0.15, 0.2) is 0 Å². The maximum Gasteiger partial charge on any atom is 0.406 e. The Hall–Kier alpha value is -2.80. The first-order valence-electron chi connectivity index (χ1n) is 11.1. The van der Waals surface area contributed by atoms with Crippen LogP contribution in [0.5, 0.6) is 0 Å². The van der Waals surface area contributed by atoms with Crippen LogP contribution in [0.1, 0.15) is 28.9 Å². The molecule has 3 aromatic rings. The zero-order valence-electron chi connectivity index (χ0n) is 17.9. The van der Waals surface area contributed by atoms with E-state index in [2.05, 4.69) is 22.0 Å². The van der Waals surface area contributed by atoms with Crippen molar-refractivity contribution < 1.29 is 18.0 Å². The fourth-order valence-corrected chi connectivity index (χ4v) is 4.43. The normalized spacial score (nSPS) is 15.8. The molecule has 1 N–H and O–H groups in total. The van der Waals surface area contributed by atoms with Gasteiger partial charge in [0.05, 0.1) is 0 Å². The minimum atomic E-state index is -4.43. The molecule has 0 atom stereocenters. The highest BCUT2D eigenvalue weighted by Crippen LogP contribution is 2.24. The number of nitrogens with one attached hydrogen (secondary N) is 1. The summed E-state index contributed by atoms with van der Waals surface area (Å²) in [5, 5.41) is 0.814. The largest absolute Gasteiger partial charge is 0.406 e. The number of nitrogens with zero attached hydrogens (tertiary/aromatic N) is 2. The van der Waals surface area contributed by atoms with Crippen molar-refractivity contribution in [2.75, 3.05) is 32.7 Å². The van der Waals surface area contributed by atoms with Crippen LogP contribution in [0, 0.1) is 5.92 Å². The number of amides is 1. The van der Waals surface area contributed by atoms with Crippen LogP contribution in [0.2, 0.25) is 0 Å². The summed E-state index contributed by atoms with van der Waals surface area (Å²) in [5.41, 5.74) is 2.24. The summed E-state index contributed by atoms with van der Waals surface area (Å²) in [6.45, 7) is 1.53. The van der Waals surface area contributed by atoms with Crippen molar-refractivity contribution in [1.82, 2.24) is 14.8 Å². The molecule has 4 nitrogen and oxygen atoms in total. The van der Waals surface area contributed by atoms with Crippen LogP contribution in [0.3, 0.4) is 0 Å². The van der Waals surface area contributed by atoms with Crippen molar-refractivity contribution in [3.05, 3.63) is 71.9 Å². The first-order valence-corrected chi connectivity index (χ1v) is 11.1. The number of likely N-dealkylation sites (tertiary alicyclic amines) is 1. The Labute approximate surface area is 186 Å². The number of hydrogen-bond donors (Lipinski definition) is 1. The third kappa shape index (κ3) is 5.91. The minimum absolute atomic E-state index is 0.0682. The number of para-hydroxylation sites is 1. The molecule has 0 radical (unpaired) electrons. The first-order chi connectivity index (χ1) is 15.4. The molecule has 1 fully saturated rings. The molecule has 4 rings (SSSR count). The minimum Gasteiger partial charge on any atom is -0.351 e. The highest BCUT2D eigenvalue weighted by atomic mass is 19.4. The van der Waals surface area contributed by atoms with Crippen LogP contribution in [0.15, 0.2) is 60.7 Å². The number of aromatic amines is 1. The number of halogens is 3. The molecule has 1 aliphatic heterocycles. The van der Waals surface area contributed by atoms with Gasteiger partial charge in [-0.05, 0) is 56.0 Å². The number of carbonyl (C=O) groups is 1. The molecular weight excluding hydrogens is 415 g/mol. The first kappa shape index (κ1) is 22.4. The number of rotatable bonds is 7. The van der Waals surface area contributed by atoms with Gasteiger partial charge >= 0.3 is 6.18 Å². The highest BCUT2D eigenvalue weighted by Gasteiger charge is 2.35. The van der Waals surface area contributed by atoms with E-state index in [9.17, 15) is 18.0 Å². The quantitative estimate of drug-likeness (QED) is 0.550. The van der Waals surface area contributed by atoms with Gasteiger partial charge in [0.25, 0.3) is 5.91 Å². The average Bonchev–Trinajstić information content (AvgIpc) is 3.22. The topological polar surface area (TPSA) is 39.3 Å². The maximum absolute atomic E-state index is 13.3. The third-order valence-corrected chi connectivity index (χ3v) is 6.16. The lowest BCUT2D eigenvalue weighted by Crippen LogP contribution is -2.44. The average molecular weight is 444 g/mol. The number of hydrogen-bond acceptors (Lipinski definition) is 2. The smallest absolute Gasteiger partial charge is 0.351 e. The van der Waals surface area contributed by atoms with E-state index in [0.29, 0.717) is 0 Å². The molecule has 0 spiro atoms. The Balaban J connectivity index is 1.36. The van der Waals surface area contributed by atoms with Gasteiger partial charge in [-0.1, -0.05) is 48.5 Å². The summed E-state index contributed by atoms with van der Waals surface area (Å²) >= 11 is 0. The monoisotopic (exact) mass is 443 g/mol. The second-order valence-corrected chi connectivity index (χ2v) is 8.59. The second kappa shape index (κ2) is 9.77. The fourth-order valence-electron chi connectivity index (χ4n) is 4.43. The van der Waals surface area contributed by atoms with Crippen LogP contribution in [0.4, 0.5) is 13.2 Å². The van der Waals surface area contributed by atoms with E-state index in [1.807, 2.05) is 42.5 Å². The zero-order chi connectivity index (χ0) is 22.6. The molecule has 1 aromatic heterocycles. The summed E-state index contributed by atoms with van der Waals surface area (Å²) < 4.78 is 39.8. The van der Waals surface area contributed by atoms with Gasteiger partial charge in [0.1, 0.15) is 12.2 Å². The molecule has 7 heteroatoms. The van der Waals surface area contributed by atoms with Crippen LogP contribution >= 0.6 is 0 Å². The van der Waals surface area contributed by atoms with Crippen molar-refractivity contribution in [2.45, 2.75) is 25.4 Å². The molecule has 0 saturated carbocycles. The summed E-state index contributed by atoms with van der Waals surface area (Å²) in [7, 11) is 0. The zero-order valence-corrected chi connectivity index (χ0v) is 17.9. The maximum atomic E-state index is 13.3. The Morgan fingerprint density at radius 3 is 2.41 bits per heavy atom. The number of aromatic nitrogens is 1. The predicted octanol–water partition coefficient (Wildman–Crippen LogP) is 5.13. The lowest BCUT2D eigenvalue weighted by Gasteiger charge is -2.35. The van der Waals surface area contributed by atoms with Crippen molar-refractivity contribution in [1.29, 1.82) is 0 Å². The van der Waals surface area contributed by atoms with Gasteiger partial charge < -0.3 is 14.8 Å². The number of carbonyl (C=O) groups excluding carboxylic acids is 1. The van der Waals surface area contributed by atoms with Crippen molar-refractivity contribution in [3.63, 3.8) is 0 Å². The molecule has 1 saturated heterocycles. The van der Waals surface area contributed by atoms with Gasteiger partial charge in [0, 0.05) is 24.0 Å². The standard InChI is InChI=1S/C25H28F3N3O/c26-25(27,28)18-31(24(32)23-16-21-8-4-5-9-22(21)29-23)17-20-11-14-30(15-12-20)13-10-19-6-2-1-3-7-19/h1-9,16,20,29H,10-15,17-18H2. The molecule has 0 bridgehead atoms. The Morgan fingerprint density at radius 2 is 1.72 bits per heavy atom. The molecular formula is C25H28F3N3O. The lowest BCUT2D eigenvalue weighted by molar-refractivity contribution is -0.142. The van der Waals surface area contributed by atoms with Crippen molar-refractivity contribution in [3.8, 4) is 0 Å². The Bertz CT molecular complexity index is 991. The Kier molecular flexibility index (Phi) is 6.84. The van der Waals surface area contributed by atoms with Crippen molar-refractivity contribution >= 4 is 16.8 Å². The Morgan fingerprint density at radius 1 is 1.03 bits per heavy atom. The van der Waals surface area contributed by atoms with Gasteiger partial charge in [-0.3, -0.25) is 4.79 Å². The summed E-state index contributed by atoms with van der Waals surface area (Å²) in [6.07, 6.45) is -1.88. The van der Waals surface area contributed by atoms with E-state index in [-0.39, 0.29) is 18.2 Å². The number of H-pyrrole nitrogens is 1. The van der Waals surface area contributed by atoms with E-state index in [0.717, 1.165) is 54.7 Å². The molecule has 1 amide bonds. The fraction of sp³-hybridized carbons (Fsp3) is 0.400. The van der Waals surface area contributed by atoms with E-state index in [1.165, 1.54) is 5.56 Å². The molecule has 170 valence electrons. The lowest BCUT2D eigenvalue weighted by atomic mass is 9.95.